The first kappa shape index (κ1) is 29.1. The molecule has 2 rings (SSSR count). The number of nitrogens with zero attached hydrogens (tertiary/aromatic N) is 3. The van der Waals surface area contributed by atoms with Crippen LogP contribution in [0.2, 0.25) is 0 Å². The molecule has 1 aliphatic rings. The fraction of sp³-hybridized carbons (Fsp3) is 0.652. The number of nitrogens with one attached hydrogen (secondary N) is 3. The number of anilines is 1. The molecular formula is C23H41IN6O3. The Morgan fingerprint density at radius 1 is 1.00 bits per heavy atom. The van der Waals surface area contributed by atoms with E-state index in [1.807, 2.05) is 32.9 Å². The van der Waals surface area contributed by atoms with Crippen molar-refractivity contribution in [3.05, 3.63) is 24.3 Å². The Kier molecular flexibility index (Phi) is 13.3. The van der Waals surface area contributed by atoms with Gasteiger partial charge in [0.25, 0.3) is 0 Å². The Morgan fingerprint density at radius 2 is 1.61 bits per heavy atom. The summed E-state index contributed by atoms with van der Waals surface area (Å²) in [6.07, 6.45) is 0.633. The molecule has 9 nitrogen and oxygen atoms in total. The van der Waals surface area contributed by atoms with Gasteiger partial charge in [-0.1, -0.05) is 0 Å². The van der Waals surface area contributed by atoms with Crippen LogP contribution in [-0.4, -0.2) is 89.1 Å². The topological polar surface area (TPSA) is 90.5 Å². The van der Waals surface area contributed by atoms with Gasteiger partial charge in [0, 0.05) is 58.5 Å². The van der Waals surface area contributed by atoms with Gasteiger partial charge in [-0.05, 0) is 58.0 Å². The number of carbonyl (C=O) groups excluding carboxylic acids is 1. The maximum atomic E-state index is 11.6. The summed E-state index contributed by atoms with van der Waals surface area (Å²) in [5, 5.41) is 9.25. The van der Waals surface area contributed by atoms with Crippen molar-refractivity contribution in [2.45, 2.75) is 32.8 Å². The van der Waals surface area contributed by atoms with E-state index < -0.39 is 11.7 Å². The first-order valence-electron chi connectivity index (χ1n) is 11.3. The van der Waals surface area contributed by atoms with E-state index in [2.05, 4.69) is 42.9 Å². The molecule has 1 amide bonds. The molecule has 0 saturated carbocycles. The van der Waals surface area contributed by atoms with E-state index in [0.717, 1.165) is 57.4 Å². The van der Waals surface area contributed by atoms with Crippen LogP contribution < -0.4 is 25.6 Å². The third kappa shape index (κ3) is 11.6. The zero-order valence-electron chi connectivity index (χ0n) is 20.6. The van der Waals surface area contributed by atoms with Crippen LogP contribution in [-0.2, 0) is 4.74 Å². The Morgan fingerprint density at radius 3 is 2.18 bits per heavy atom. The van der Waals surface area contributed by atoms with Crippen LogP contribution in [0.3, 0.4) is 0 Å². The number of hydrogen-bond acceptors (Lipinski definition) is 6. The van der Waals surface area contributed by atoms with E-state index in [1.54, 1.807) is 14.2 Å². The Labute approximate surface area is 215 Å². The fourth-order valence-corrected chi connectivity index (χ4v) is 3.41. The molecule has 0 bridgehead atoms. The monoisotopic (exact) mass is 576 g/mol. The number of amides is 1. The standard InChI is InChI=1S/C23H40N6O3.HI/c1-23(2,3)32-22(30)27-13-12-26-21(24-4)25-11-6-14-28-15-17-29(18-16-28)19-7-9-20(31-5)10-8-19;/h7-10H,6,11-18H2,1-5H3,(H,27,30)(H2,24,25,26);1H. The highest BCUT2D eigenvalue weighted by atomic mass is 127. The maximum Gasteiger partial charge on any atom is 0.407 e. The zero-order chi connectivity index (χ0) is 23.4. The minimum absolute atomic E-state index is 0. The second-order valence-corrected chi connectivity index (χ2v) is 8.73. The van der Waals surface area contributed by atoms with Gasteiger partial charge in [-0.2, -0.15) is 0 Å². The first-order valence-corrected chi connectivity index (χ1v) is 11.3. The maximum absolute atomic E-state index is 11.6. The lowest BCUT2D eigenvalue weighted by atomic mass is 10.2. The van der Waals surface area contributed by atoms with Gasteiger partial charge in [-0.15, -0.1) is 24.0 Å². The molecule has 1 aromatic rings. The van der Waals surface area contributed by atoms with E-state index in [9.17, 15) is 4.79 Å². The second-order valence-electron chi connectivity index (χ2n) is 8.73. The molecule has 1 saturated heterocycles. The SMILES string of the molecule is CN=C(NCCCN1CCN(c2ccc(OC)cc2)CC1)NCCNC(=O)OC(C)(C)C.I. The van der Waals surface area contributed by atoms with Crippen LogP contribution in [0.25, 0.3) is 0 Å². The number of alkyl carbamates (subject to hydrolysis) is 1. The van der Waals surface area contributed by atoms with Gasteiger partial charge in [0.1, 0.15) is 11.4 Å². The van der Waals surface area contributed by atoms with Crippen LogP contribution in [0.4, 0.5) is 10.5 Å². The fourth-order valence-electron chi connectivity index (χ4n) is 3.41. The normalized spacial score (nSPS) is 14.8. The summed E-state index contributed by atoms with van der Waals surface area (Å²) >= 11 is 0. The molecule has 10 heteroatoms. The summed E-state index contributed by atoms with van der Waals surface area (Å²) < 4.78 is 10.5. The summed E-state index contributed by atoms with van der Waals surface area (Å²) in [4.78, 5) is 20.8. The van der Waals surface area contributed by atoms with Crippen molar-refractivity contribution < 1.29 is 14.3 Å². The van der Waals surface area contributed by atoms with E-state index in [1.165, 1.54) is 5.69 Å². The number of hydrogen-bond donors (Lipinski definition) is 3. The number of methoxy groups -OCH3 is 1. The molecular weight excluding hydrogens is 535 g/mol. The number of ether oxygens (including phenoxy) is 2. The van der Waals surface area contributed by atoms with Crippen LogP contribution in [0.1, 0.15) is 27.2 Å². The number of guanidine groups is 1. The number of halogens is 1. The first-order chi connectivity index (χ1) is 15.3. The highest BCUT2D eigenvalue weighted by Gasteiger charge is 2.17. The van der Waals surface area contributed by atoms with Gasteiger partial charge in [0.2, 0.25) is 0 Å². The minimum atomic E-state index is -0.489. The molecule has 1 heterocycles. The Balaban J connectivity index is 0.00000544. The van der Waals surface area contributed by atoms with Crippen molar-refractivity contribution in [1.82, 2.24) is 20.9 Å². The lowest BCUT2D eigenvalue weighted by molar-refractivity contribution is 0.0529. The third-order valence-electron chi connectivity index (χ3n) is 5.06. The number of aliphatic imine (C=N–C) groups is 1. The quantitative estimate of drug-likeness (QED) is 0.180. The molecule has 1 fully saturated rings. The number of rotatable bonds is 9. The van der Waals surface area contributed by atoms with Crippen molar-refractivity contribution in [3.8, 4) is 5.75 Å². The van der Waals surface area contributed by atoms with Crippen molar-refractivity contribution >= 4 is 41.7 Å². The van der Waals surface area contributed by atoms with Gasteiger partial charge >= 0.3 is 6.09 Å². The van der Waals surface area contributed by atoms with Crippen molar-refractivity contribution in [2.75, 3.05) is 71.4 Å². The molecule has 0 radical (unpaired) electrons. The average molecular weight is 577 g/mol. The zero-order valence-corrected chi connectivity index (χ0v) is 23.0. The largest absolute Gasteiger partial charge is 0.497 e. The number of benzene rings is 1. The highest BCUT2D eigenvalue weighted by molar-refractivity contribution is 14.0. The molecule has 3 N–H and O–H groups in total. The Bertz CT molecular complexity index is 716. The van der Waals surface area contributed by atoms with Crippen LogP contribution in [0, 0.1) is 0 Å². The molecule has 0 atom stereocenters. The lowest BCUT2D eigenvalue weighted by Gasteiger charge is -2.36. The van der Waals surface area contributed by atoms with Crippen LogP contribution in [0.15, 0.2) is 29.3 Å². The molecule has 0 aliphatic carbocycles. The summed E-state index contributed by atoms with van der Waals surface area (Å²) in [5.74, 6) is 1.63. The molecule has 33 heavy (non-hydrogen) atoms. The van der Waals surface area contributed by atoms with Gasteiger partial charge in [-0.3, -0.25) is 9.89 Å². The molecule has 0 spiro atoms. The number of carbonyl (C=O) groups is 1. The lowest BCUT2D eigenvalue weighted by Crippen LogP contribution is -2.47. The van der Waals surface area contributed by atoms with Crippen molar-refractivity contribution in [3.63, 3.8) is 0 Å². The van der Waals surface area contributed by atoms with Crippen molar-refractivity contribution in [2.24, 2.45) is 4.99 Å². The average Bonchev–Trinajstić information content (AvgIpc) is 2.77. The van der Waals surface area contributed by atoms with Gasteiger partial charge in [-0.25, -0.2) is 4.79 Å². The summed E-state index contributed by atoms with van der Waals surface area (Å²) in [6, 6.07) is 8.28. The molecule has 0 aromatic heterocycles. The van der Waals surface area contributed by atoms with Crippen LogP contribution >= 0.6 is 24.0 Å². The summed E-state index contributed by atoms with van der Waals surface area (Å²) in [6.45, 7) is 12.7. The van der Waals surface area contributed by atoms with Crippen molar-refractivity contribution in [1.29, 1.82) is 0 Å². The molecule has 188 valence electrons. The summed E-state index contributed by atoms with van der Waals surface area (Å²) in [7, 11) is 3.44. The minimum Gasteiger partial charge on any atom is -0.497 e. The van der Waals surface area contributed by atoms with E-state index >= 15 is 0 Å². The third-order valence-corrected chi connectivity index (χ3v) is 5.06. The van der Waals surface area contributed by atoms with E-state index in [4.69, 9.17) is 9.47 Å². The predicted molar refractivity (Wildman–Crippen MR) is 145 cm³/mol. The highest BCUT2D eigenvalue weighted by Crippen LogP contribution is 2.20. The smallest absolute Gasteiger partial charge is 0.407 e. The molecule has 0 unspecified atom stereocenters. The molecule has 1 aromatic carbocycles. The van der Waals surface area contributed by atoms with Gasteiger partial charge < -0.3 is 30.3 Å². The van der Waals surface area contributed by atoms with E-state index in [0.29, 0.717) is 13.1 Å². The predicted octanol–water partition coefficient (Wildman–Crippen LogP) is 2.52. The molecule has 1 aliphatic heterocycles. The summed E-state index contributed by atoms with van der Waals surface area (Å²) in [5.41, 5.74) is 0.764. The number of piperazine rings is 1. The van der Waals surface area contributed by atoms with E-state index in [-0.39, 0.29) is 24.0 Å². The van der Waals surface area contributed by atoms with Gasteiger partial charge in [0.05, 0.1) is 7.11 Å². The second kappa shape index (κ2) is 15.0. The van der Waals surface area contributed by atoms with Crippen LogP contribution in [0.5, 0.6) is 5.75 Å². The van der Waals surface area contributed by atoms with Gasteiger partial charge in [0.15, 0.2) is 5.96 Å². The Hall–Kier alpha value is -1.95.